The third-order valence-corrected chi connectivity index (χ3v) is 9.47. The van der Waals surface area contributed by atoms with Gasteiger partial charge in [0, 0.05) is 24.7 Å². The van der Waals surface area contributed by atoms with Crippen molar-refractivity contribution in [3.8, 4) is 0 Å². The standard InChI is InChI=1S/C27H32ClFN4O7S/c1-16(2)18-12-23(40-26(18)35)20(30-41(38,39)24-8-6-5-7-21(24)33(36)37)13-31-14-25(34)32(15-27(31,3)4)22-11-17(29)9-10-19(22)28/h5-11,16,18,20,23,30H,12-15H2,1-4H3/t18-,20-,23-/m0/s1. The Kier molecular flexibility index (Phi) is 8.74. The van der Waals surface area contributed by atoms with Gasteiger partial charge in [0.05, 0.1) is 34.1 Å². The van der Waals surface area contributed by atoms with Crippen molar-refractivity contribution in [1.29, 1.82) is 0 Å². The van der Waals surface area contributed by atoms with Gasteiger partial charge < -0.3 is 9.64 Å². The predicted octanol–water partition coefficient (Wildman–Crippen LogP) is 3.75. The smallest absolute Gasteiger partial charge is 0.309 e. The van der Waals surface area contributed by atoms with Crippen molar-refractivity contribution in [2.45, 2.75) is 56.7 Å². The molecule has 0 aliphatic carbocycles. The number of carbonyl (C=O) groups is 2. The number of ether oxygens (including phenoxy) is 1. The van der Waals surface area contributed by atoms with Gasteiger partial charge in [-0.15, -0.1) is 0 Å². The van der Waals surface area contributed by atoms with E-state index in [1.54, 1.807) is 4.90 Å². The van der Waals surface area contributed by atoms with Gasteiger partial charge in [-0.1, -0.05) is 37.6 Å². The molecule has 2 aromatic rings. The zero-order chi connectivity index (χ0) is 30.3. The second-order valence-corrected chi connectivity index (χ2v) is 13.4. The molecule has 4 rings (SSSR count). The Balaban J connectivity index is 1.65. The van der Waals surface area contributed by atoms with Crippen LogP contribution in [0.5, 0.6) is 0 Å². The van der Waals surface area contributed by atoms with Gasteiger partial charge >= 0.3 is 5.97 Å². The lowest BCUT2D eigenvalue weighted by atomic mass is 9.90. The molecule has 0 aromatic heterocycles. The average Bonchev–Trinajstić information content (AvgIpc) is 3.29. The molecule has 1 N–H and O–H groups in total. The van der Waals surface area contributed by atoms with Crippen molar-refractivity contribution in [2.24, 2.45) is 11.8 Å². The first kappa shape index (κ1) is 30.8. The number of piperazine rings is 1. The van der Waals surface area contributed by atoms with Crippen LogP contribution in [0, 0.1) is 27.8 Å². The molecule has 3 atom stereocenters. The van der Waals surface area contributed by atoms with Crippen molar-refractivity contribution < 1.29 is 32.1 Å². The number of cyclic esters (lactones) is 1. The molecule has 2 saturated heterocycles. The van der Waals surface area contributed by atoms with Crippen LogP contribution in [-0.4, -0.2) is 67.4 Å². The number of nitro benzene ring substituents is 1. The number of nitro groups is 1. The number of nitrogens with zero attached hydrogens (tertiary/aromatic N) is 3. The van der Waals surface area contributed by atoms with E-state index in [4.69, 9.17) is 16.3 Å². The number of anilines is 1. The van der Waals surface area contributed by atoms with Crippen LogP contribution >= 0.6 is 11.6 Å². The summed E-state index contributed by atoms with van der Waals surface area (Å²) in [6.07, 6.45) is -0.651. The lowest BCUT2D eigenvalue weighted by Gasteiger charge is -2.48. The summed E-state index contributed by atoms with van der Waals surface area (Å²) >= 11 is 6.27. The van der Waals surface area contributed by atoms with Crippen molar-refractivity contribution in [1.82, 2.24) is 9.62 Å². The Morgan fingerprint density at radius 1 is 1.22 bits per heavy atom. The van der Waals surface area contributed by atoms with E-state index in [0.29, 0.717) is 0 Å². The maximum Gasteiger partial charge on any atom is 0.309 e. The molecule has 0 bridgehead atoms. The van der Waals surface area contributed by atoms with E-state index in [1.807, 2.05) is 27.7 Å². The number of hydrogen-bond donors (Lipinski definition) is 1. The number of amides is 1. The molecule has 1 amide bonds. The van der Waals surface area contributed by atoms with Gasteiger partial charge in [0.15, 0.2) is 4.90 Å². The SMILES string of the molecule is CC(C)[C@@H]1C[C@@H]([C@H](CN2CC(=O)N(c3cc(F)ccc3Cl)CC2(C)C)NS(=O)(=O)c2ccccc2[N+](=O)[O-])OC1=O. The first-order chi connectivity index (χ1) is 19.1. The summed E-state index contributed by atoms with van der Waals surface area (Å²) in [5, 5.41) is 11.8. The molecule has 0 unspecified atom stereocenters. The van der Waals surface area contributed by atoms with Crippen molar-refractivity contribution in [2.75, 3.05) is 24.5 Å². The van der Waals surface area contributed by atoms with Gasteiger partial charge in [-0.2, -0.15) is 0 Å². The van der Waals surface area contributed by atoms with E-state index < -0.39 is 60.9 Å². The van der Waals surface area contributed by atoms with Crippen molar-refractivity contribution in [3.63, 3.8) is 0 Å². The lowest BCUT2D eigenvalue weighted by Crippen LogP contribution is -2.65. The molecular formula is C27H32ClFN4O7S. The Morgan fingerprint density at radius 3 is 2.54 bits per heavy atom. The van der Waals surface area contributed by atoms with Crippen LogP contribution in [0.4, 0.5) is 15.8 Å². The highest BCUT2D eigenvalue weighted by Gasteiger charge is 2.46. The predicted molar refractivity (Wildman–Crippen MR) is 149 cm³/mol. The molecule has 2 aliphatic rings. The molecule has 2 aliphatic heterocycles. The van der Waals surface area contributed by atoms with Crippen LogP contribution in [0.3, 0.4) is 0 Å². The van der Waals surface area contributed by atoms with Gasteiger partial charge in [0.25, 0.3) is 5.69 Å². The normalized spacial score (nSPS) is 22.2. The van der Waals surface area contributed by atoms with E-state index in [0.717, 1.165) is 12.1 Å². The summed E-state index contributed by atoms with van der Waals surface area (Å²) in [5.41, 5.74) is -1.13. The number of hydrogen-bond acceptors (Lipinski definition) is 8. The van der Waals surface area contributed by atoms with Crippen LogP contribution in [0.2, 0.25) is 5.02 Å². The summed E-state index contributed by atoms with van der Waals surface area (Å²) in [5.74, 6) is -1.91. The van der Waals surface area contributed by atoms with Crippen LogP contribution in [-0.2, 0) is 24.3 Å². The fraction of sp³-hybridized carbons (Fsp3) is 0.481. The highest BCUT2D eigenvalue weighted by atomic mass is 35.5. The van der Waals surface area contributed by atoms with E-state index >= 15 is 0 Å². The maximum absolute atomic E-state index is 14.0. The minimum Gasteiger partial charge on any atom is -0.460 e. The van der Waals surface area contributed by atoms with Crippen molar-refractivity contribution in [3.05, 3.63) is 63.4 Å². The molecule has 2 aromatic carbocycles. The number of para-hydroxylation sites is 1. The van der Waals surface area contributed by atoms with Gasteiger partial charge in [0.2, 0.25) is 15.9 Å². The largest absolute Gasteiger partial charge is 0.460 e. The summed E-state index contributed by atoms with van der Waals surface area (Å²) in [6, 6.07) is 7.66. The molecule has 0 radical (unpaired) electrons. The van der Waals surface area contributed by atoms with E-state index in [1.165, 1.54) is 35.2 Å². The molecule has 11 nitrogen and oxygen atoms in total. The van der Waals surface area contributed by atoms with Crippen LogP contribution in [0.25, 0.3) is 0 Å². The molecule has 2 fully saturated rings. The zero-order valence-corrected chi connectivity index (χ0v) is 24.6. The van der Waals surface area contributed by atoms with Gasteiger partial charge in [-0.05, 0) is 50.5 Å². The third kappa shape index (κ3) is 6.53. The molecular weight excluding hydrogens is 579 g/mol. The maximum atomic E-state index is 14.0. The lowest BCUT2D eigenvalue weighted by molar-refractivity contribution is -0.387. The second-order valence-electron chi connectivity index (χ2n) is 11.3. The van der Waals surface area contributed by atoms with Crippen LogP contribution < -0.4 is 9.62 Å². The molecule has 41 heavy (non-hydrogen) atoms. The highest BCUT2D eigenvalue weighted by Crippen LogP contribution is 2.35. The van der Waals surface area contributed by atoms with E-state index in [-0.39, 0.29) is 48.6 Å². The number of halogens is 2. The van der Waals surface area contributed by atoms with Gasteiger partial charge in [0.1, 0.15) is 11.9 Å². The monoisotopic (exact) mass is 610 g/mol. The Morgan fingerprint density at radius 2 is 1.90 bits per heavy atom. The third-order valence-electron chi connectivity index (χ3n) is 7.61. The molecule has 0 saturated carbocycles. The topological polar surface area (TPSA) is 139 Å². The average molecular weight is 611 g/mol. The summed E-state index contributed by atoms with van der Waals surface area (Å²) < 4.78 is 49.1. The highest BCUT2D eigenvalue weighted by molar-refractivity contribution is 7.89. The molecule has 222 valence electrons. The number of sulfonamides is 1. The first-order valence-corrected chi connectivity index (χ1v) is 14.9. The summed E-state index contributed by atoms with van der Waals surface area (Å²) in [4.78, 5) is 39.3. The van der Waals surface area contributed by atoms with Crippen LogP contribution in [0.1, 0.15) is 34.1 Å². The number of benzene rings is 2. The number of esters is 1. The molecule has 2 heterocycles. The quantitative estimate of drug-likeness (QED) is 0.257. The number of nitrogens with one attached hydrogen (secondary N) is 1. The zero-order valence-electron chi connectivity index (χ0n) is 23.0. The molecule has 0 spiro atoms. The number of carbonyl (C=O) groups excluding carboxylic acids is 2. The summed E-state index contributed by atoms with van der Waals surface area (Å²) in [6.45, 7) is 7.29. The van der Waals surface area contributed by atoms with Gasteiger partial charge in [-0.3, -0.25) is 24.6 Å². The van der Waals surface area contributed by atoms with E-state index in [2.05, 4.69) is 4.72 Å². The first-order valence-electron chi connectivity index (χ1n) is 13.1. The Labute approximate surface area is 242 Å². The van der Waals surface area contributed by atoms with Gasteiger partial charge in [-0.25, -0.2) is 17.5 Å². The fourth-order valence-electron chi connectivity index (χ4n) is 5.25. The van der Waals surface area contributed by atoms with Crippen molar-refractivity contribution >= 4 is 44.9 Å². The summed E-state index contributed by atoms with van der Waals surface area (Å²) in [7, 11) is -4.46. The minimum atomic E-state index is -4.46. The van der Waals surface area contributed by atoms with Crippen LogP contribution in [0.15, 0.2) is 47.4 Å². The van der Waals surface area contributed by atoms with E-state index in [9.17, 15) is 32.5 Å². The minimum absolute atomic E-state index is 0.0495. The molecule has 14 heteroatoms. The Hall–Kier alpha value is -3.13. The number of rotatable bonds is 9. The second kappa shape index (κ2) is 11.6. The Bertz CT molecular complexity index is 1470. The fourth-order valence-corrected chi connectivity index (χ4v) is 6.90.